The van der Waals surface area contributed by atoms with E-state index >= 15 is 0 Å². The molecule has 182 valence electrons. The van der Waals surface area contributed by atoms with Crippen LogP contribution in [0.3, 0.4) is 0 Å². The average Bonchev–Trinajstić information content (AvgIpc) is 2.88. The number of carbonyl (C=O) groups excluding carboxylic acids is 3. The van der Waals surface area contributed by atoms with Crippen LogP contribution < -0.4 is 15.0 Å². The van der Waals surface area contributed by atoms with Gasteiger partial charge in [0.1, 0.15) is 5.54 Å². The van der Waals surface area contributed by atoms with Crippen molar-refractivity contribution in [2.75, 3.05) is 30.9 Å². The molecule has 0 atom stereocenters. The van der Waals surface area contributed by atoms with E-state index in [1.807, 2.05) is 0 Å². The first-order valence-corrected chi connectivity index (χ1v) is 10.2. The first-order valence-electron chi connectivity index (χ1n) is 10.2. The number of aromatic nitrogens is 1. The Hall–Kier alpha value is -3.67. The summed E-state index contributed by atoms with van der Waals surface area (Å²) in [5.41, 5.74) is -0.810. The van der Waals surface area contributed by atoms with Gasteiger partial charge in [0.25, 0.3) is 5.91 Å². The van der Waals surface area contributed by atoms with E-state index < -0.39 is 35.5 Å². The Kier molecular flexibility index (Phi) is 6.82. The molecule has 1 fully saturated rings. The minimum atomic E-state index is -5.01. The molecule has 9 nitrogen and oxygen atoms in total. The lowest BCUT2D eigenvalue weighted by atomic mass is 10.0. The van der Waals surface area contributed by atoms with Crippen LogP contribution in [-0.4, -0.2) is 65.2 Å². The van der Waals surface area contributed by atoms with Gasteiger partial charge in [-0.05, 0) is 63.8 Å². The van der Waals surface area contributed by atoms with Crippen molar-refractivity contribution < 1.29 is 32.3 Å². The highest BCUT2D eigenvalue weighted by Gasteiger charge is 2.52. The molecule has 1 aliphatic heterocycles. The normalized spacial score (nSPS) is 15.8. The molecule has 4 amide bonds. The van der Waals surface area contributed by atoms with E-state index in [0.29, 0.717) is 0 Å². The third-order valence-electron chi connectivity index (χ3n) is 5.09. The number of likely N-dealkylation sites (N-methyl/N-ethyl adjacent to an activating group) is 1. The number of rotatable bonds is 7. The van der Waals surface area contributed by atoms with Crippen LogP contribution in [0, 0.1) is 0 Å². The summed E-state index contributed by atoms with van der Waals surface area (Å²) in [4.78, 5) is 46.3. The fourth-order valence-electron chi connectivity index (χ4n) is 3.44. The highest BCUT2D eigenvalue weighted by molar-refractivity contribution is 6.23. The van der Waals surface area contributed by atoms with Gasteiger partial charge in [-0.25, -0.2) is 9.69 Å². The van der Waals surface area contributed by atoms with Crippen LogP contribution in [0.25, 0.3) is 0 Å². The quantitative estimate of drug-likeness (QED) is 0.613. The zero-order valence-corrected chi connectivity index (χ0v) is 19.0. The zero-order chi connectivity index (χ0) is 25.3. The van der Waals surface area contributed by atoms with Crippen LogP contribution in [0.2, 0.25) is 0 Å². The Balaban J connectivity index is 1.97. The van der Waals surface area contributed by atoms with Crippen molar-refractivity contribution in [1.29, 1.82) is 0 Å². The number of anilines is 2. The molecule has 34 heavy (non-hydrogen) atoms. The van der Waals surface area contributed by atoms with Crippen LogP contribution in [0.4, 0.5) is 29.3 Å². The smallest absolute Gasteiger partial charge is 0.404 e. The molecule has 2 heterocycles. The fourth-order valence-corrected chi connectivity index (χ4v) is 3.44. The van der Waals surface area contributed by atoms with Gasteiger partial charge in [-0.3, -0.25) is 14.6 Å². The van der Waals surface area contributed by atoms with Crippen LogP contribution >= 0.6 is 0 Å². The maximum atomic E-state index is 13.2. The third-order valence-corrected chi connectivity index (χ3v) is 5.09. The lowest BCUT2D eigenvalue weighted by molar-refractivity contribution is -0.274. The van der Waals surface area contributed by atoms with E-state index in [9.17, 15) is 27.6 Å². The summed E-state index contributed by atoms with van der Waals surface area (Å²) >= 11 is 0. The number of pyridine rings is 1. The fraction of sp³-hybridized carbons (Fsp3) is 0.364. The van der Waals surface area contributed by atoms with Gasteiger partial charge in [0.15, 0.2) is 5.75 Å². The molecule has 0 bridgehead atoms. The number of hydrogen-bond acceptors (Lipinski definition) is 6. The Morgan fingerprint density at radius 3 is 2.38 bits per heavy atom. The average molecular weight is 479 g/mol. The topological polar surface area (TPSA) is 95.1 Å². The molecule has 0 saturated carbocycles. The second kappa shape index (κ2) is 9.29. The van der Waals surface area contributed by atoms with Crippen molar-refractivity contribution in [2.45, 2.75) is 32.3 Å². The summed E-state index contributed by atoms with van der Waals surface area (Å²) in [6.07, 6.45) is -1.89. The van der Waals surface area contributed by atoms with E-state index in [1.165, 1.54) is 9.80 Å². The molecule has 1 aromatic carbocycles. The highest BCUT2D eigenvalue weighted by atomic mass is 19.4. The maximum absolute atomic E-state index is 13.2. The number of alkyl halides is 3. The largest absolute Gasteiger partial charge is 0.573 e. The number of nitrogens with one attached hydrogen (secondary N) is 1. The van der Waals surface area contributed by atoms with Crippen LogP contribution in [-0.2, 0) is 16.1 Å². The molecule has 0 unspecified atom stereocenters. The third kappa shape index (κ3) is 5.45. The minimum absolute atomic E-state index is 0.00465. The molecule has 1 N–H and O–H groups in total. The molecule has 1 aromatic heterocycles. The summed E-state index contributed by atoms with van der Waals surface area (Å²) in [5.74, 6) is -1.84. The molecule has 0 radical (unpaired) electrons. The van der Waals surface area contributed by atoms with E-state index in [0.717, 1.165) is 28.7 Å². The van der Waals surface area contributed by atoms with Gasteiger partial charge in [0.05, 0.1) is 17.9 Å². The minimum Gasteiger partial charge on any atom is -0.404 e. The summed E-state index contributed by atoms with van der Waals surface area (Å²) in [5, 5.41) is 2.35. The van der Waals surface area contributed by atoms with E-state index in [-0.39, 0.29) is 24.5 Å². The Morgan fingerprint density at radius 2 is 1.79 bits per heavy atom. The Morgan fingerprint density at radius 1 is 1.15 bits per heavy atom. The number of ether oxygens (including phenoxy) is 1. The number of nitrogens with zero attached hydrogens (tertiary/aromatic N) is 4. The number of halogens is 3. The molecule has 0 spiro atoms. The first-order chi connectivity index (χ1) is 15.8. The van der Waals surface area contributed by atoms with Crippen molar-refractivity contribution in [1.82, 2.24) is 14.8 Å². The highest BCUT2D eigenvalue weighted by Crippen LogP contribution is 2.38. The molecule has 2 aromatic rings. The number of benzene rings is 1. The second-order valence-corrected chi connectivity index (χ2v) is 8.44. The maximum Gasteiger partial charge on any atom is 0.573 e. The predicted molar refractivity (Wildman–Crippen MR) is 117 cm³/mol. The summed E-state index contributed by atoms with van der Waals surface area (Å²) in [7, 11) is 3.23. The van der Waals surface area contributed by atoms with Gasteiger partial charge in [-0.2, -0.15) is 0 Å². The predicted octanol–water partition coefficient (Wildman–Crippen LogP) is 3.23. The van der Waals surface area contributed by atoms with Crippen LogP contribution in [0.1, 0.15) is 19.4 Å². The van der Waals surface area contributed by atoms with Crippen LogP contribution in [0.15, 0.2) is 42.7 Å². The van der Waals surface area contributed by atoms with Gasteiger partial charge >= 0.3 is 12.4 Å². The van der Waals surface area contributed by atoms with Gasteiger partial charge in [-0.1, -0.05) is 0 Å². The van der Waals surface area contributed by atoms with Crippen LogP contribution in [0.5, 0.6) is 5.75 Å². The van der Waals surface area contributed by atoms with Crippen molar-refractivity contribution >= 4 is 29.2 Å². The van der Waals surface area contributed by atoms with Crippen molar-refractivity contribution in [3.8, 4) is 5.75 Å². The van der Waals surface area contributed by atoms with E-state index in [2.05, 4.69) is 15.0 Å². The Labute approximate surface area is 194 Å². The van der Waals surface area contributed by atoms with Crippen molar-refractivity contribution in [3.05, 3.63) is 48.3 Å². The second-order valence-electron chi connectivity index (χ2n) is 8.44. The molecule has 12 heteroatoms. The molecule has 1 aliphatic rings. The standard InChI is InChI=1S/C22H24F3N5O4/c1-21(2)19(32)30(20(33)29(21)12-14-7-9-26-10-8-14)15-5-6-17(34-22(23,24)25)16(11-15)27-18(31)13-28(3)4/h5-11H,12-13H2,1-4H3,(H,27,31). The number of carbonyl (C=O) groups is 3. The zero-order valence-electron chi connectivity index (χ0n) is 19.0. The number of hydrogen-bond donors (Lipinski definition) is 1. The van der Waals surface area contributed by atoms with Gasteiger partial charge < -0.3 is 19.9 Å². The molecule has 3 rings (SSSR count). The summed E-state index contributed by atoms with van der Waals surface area (Å²) < 4.78 is 42.7. The molecular formula is C22H24F3N5O4. The molecular weight excluding hydrogens is 455 g/mol. The van der Waals surface area contributed by atoms with Gasteiger partial charge in [0, 0.05) is 18.9 Å². The van der Waals surface area contributed by atoms with Gasteiger partial charge in [0.2, 0.25) is 5.91 Å². The molecule has 0 aliphatic carbocycles. The lowest BCUT2D eigenvalue weighted by Gasteiger charge is -2.27. The van der Waals surface area contributed by atoms with Gasteiger partial charge in [-0.15, -0.1) is 13.2 Å². The van der Waals surface area contributed by atoms with E-state index in [4.69, 9.17) is 0 Å². The lowest BCUT2D eigenvalue weighted by Crippen LogP contribution is -2.43. The monoisotopic (exact) mass is 479 g/mol. The number of amides is 4. The number of imide groups is 1. The van der Waals surface area contributed by atoms with Crippen molar-refractivity contribution in [3.63, 3.8) is 0 Å². The summed E-state index contributed by atoms with van der Waals surface area (Å²) in [6, 6.07) is 5.98. The first kappa shape index (κ1) is 25.0. The molecule has 1 saturated heterocycles. The SMILES string of the molecule is CN(C)CC(=O)Nc1cc(N2C(=O)N(Cc3ccncc3)C(C)(C)C2=O)ccc1OC(F)(F)F. The van der Waals surface area contributed by atoms with E-state index in [1.54, 1.807) is 52.5 Å². The number of urea groups is 1. The van der Waals surface area contributed by atoms with Crippen molar-refractivity contribution in [2.24, 2.45) is 0 Å². The summed E-state index contributed by atoms with van der Waals surface area (Å²) in [6.45, 7) is 3.17. The Bertz CT molecular complexity index is 1090.